The second-order valence-electron chi connectivity index (χ2n) is 4.29. The van der Waals surface area contributed by atoms with Gasteiger partial charge in [0, 0.05) is 6.54 Å². The summed E-state index contributed by atoms with van der Waals surface area (Å²) in [5.74, 6) is 2.69. The molecule has 2 nitrogen and oxygen atoms in total. The van der Waals surface area contributed by atoms with Gasteiger partial charge >= 0.3 is 0 Å². The van der Waals surface area contributed by atoms with Crippen LogP contribution in [0.15, 0.2) is 0 Å². The predicted molar refractivity (Wildman–Crippen MR) is 58.9 cm³/mol. The summed E-state index contributed by atoms with van der Waals surface area (Å²) in [7, 11) is 0. The van der Waals surface area contributed by atoms with Gasteiger partial charge in [0.25, 0.3) is 0 Å². The highest BCUT2D eigenvalue weighted by Gasteiger charge is 2.28. The van der Waals surface area contributed by atoms with Crippen molar-refractivity contribution in [3.8, 4) is 12.3 Å². The van der Waals surface area contributed by atoms with Crippen LogP contribution < -0.4 is 5.32 Å². The quantitative estimate of drug-likeness (QED) is 0.669. The normalized spacial score (nSPS) is 22.6. The van der Waals surface area contributed by atoms with Gasteiger partial charge in [0.05, 0.1) is 11.6 Å². The van der Waals surface area contributed by atoms with E-state index in [9.17, 15) is 5.11 Å². The molecule has 1 aliphatic rings. The maximum Gasteiger partial charge on any atom is 0.0772 e. The third-order valence-electron chi connectivity index (χ3n) is 3.07. The van der Waals surface area contributed by atoms with E-state index < -0.39 is 5.60 Å². The van der Waals surface area contributed by atoms with Crippen LogP contribution in [0.4, 0.5) is 0 Å². The zero-order valence-electron chi connectivity index (χ0n) is 9.05. The van der Waals surface area contributed by atoms with Gasteiger partial charge in [0.1, 0.15) is 0 Å². The second kappa shape index (κ2) is 5.38. The molecule has 0 aromatic heterocycles. The highest BCUT2D eigenvalue weighted by molar-refractivity contribution is 4.99. The minimum Gasteiger partial charge on any atom is -0.389 e. The Kier molecular flexibility index (Phi) is 4.44. The number of rotatable bonds is 4. The lowest BCUT2D eigenvalue weighted by molar-refractivity contribution is 0.00381. The highest BCUT2D eigenvalue weighted by atomic mass is 16.3. The largest absolute Gasteiger partial charge is 0.389 e. The monoisotopic (exact) mass is 195 g/mol. The fourth-order valence-electron chi connectivity index (χ4n) is 2.02. The Bertz CT molecular complexity index is 201. The number of hydrogen-bond acceptors (Lipinski definition) is 2. The van der Waals surface area contributed by atoms with Crippen molar-refractivity contribution in [2.75, 3.05) is 6.54 Å². The summed E-state index contributed by atoms with van der Waals surface area (Å²) in [5, 5.41) is 13.4. The van der Waals surface area contributed by atoms with E-state index in [1.807, 2.05) is 0 Å². The number of nitrogens with one attached hydrogen (secondary N) is 1. The van der Waals surface area contributed by atoms with Crippen LogP contribution in [0.3, 0.4) is 0 Å². The molecule has 0 amide bonds. The summed E-state index contributed by atoms with van der Waals surface area (Å²) in [6.45, 7) is 2.71. The maximum atomic E-state index is 10.2. The van der Waals surface area contributed by atoms with E-state index >= 15 is 0 Å². The van der Waals surface area contributed by atoms with Crippen LogP contribution in [-0.2, 0) is 0 Å². The van der Waals surface area contributed by atoms with Crippen LogP contribution in [-0.4, -0.2) is 23.3 Å². The van der Waals surface area contributed by atoms with Crippen molar-refractivity contribution in [2.45, 2.75) is 57.1 Å². The first kappa shape index (κ1) is 11.6. The van der Waals surface area contributed by atoms with Crippen LogP contribution >= 0.6 is 0 Å². The zero-order valence-corrected chi connectivity index (χ0v) is 9.05. The van der Waals surface area contributed by atoms with Crippen molar-refractivity contribution >= 4 is 0 Å². The molecule has 1 fully saturated rings. The Morgan fingerprint density at radius 3 is 2.57 bits per heavy atom. The molecule has 2 N–H and O–H groups in total. The van der Waals surface area contributed by atoms with Gasteiger partial charge in [-0.05, 0) is 19.3 Å². The van der Waals surface area contributed by atoms with E-state index in [0.717, 1.165) is 32.1 Å². The van der Waals surface area contributed by atoms with Gasteiger partial charge in [-0.2, -0.15) is 0 Å². The Morgan fingerprint density at radius 2 is 2.07 bits per heavy atom. The first-order valence-corrected chi connectivity index (χ1v) is 5.62. The molecule has 0 aliphatic heterocycles. The van der Waals surface area contributed by atoms with E-state index in [4.69, 9.17) is 6.42 Å². The molecule has 0 saturated heterocycles. The van der Waals surface area contributed by atoms with E-state index in [-0.39, 0.29) is 6.04 Å². The Balaban J connectivity index is 2.31. The summed E-state index contributed by atoms with van der Waals surface area (Å²) in [6, 6.07) is 0.112. The van der Waals surface area contributed by atoms with E-state index in [1.54, 1.807) is 0 Å². The lowest BCUT2D eigenvalue weighted by Crippen LogP contribution is -2.45. The number of hydrogen-bond donors (Lipinski definition) is 2. The smallest absolute Gasteiger partial charge is 0.0772 e. The minimum atomic E-state index is -0.497. The Morgan fingerprint density at radius 1 is 1.43 bits per heavy atom. The van der Waals surface area contributed by atoms with Crippen LogP contribution in [0.5, 0.6) is 0 Å². The third kappa shape index (κ3) is 3.32. The Hall–Kier alpha value is -0.520. The molecule has 0 aromatic carbocycles. The molecule has 80 valence electrons. The highest BCUT2D eigenvalue weighted by Crippen LogP contribution is 2.27. The van der Waals surface area contributed by atoms with Crippen LogP contribution in [0.1, 0.15) is 45.4 Å². The average molecular weight is 195 g/mol. The molecule has 0 bridgehead atoms. The Labute approximate surface area is 87.1 Å². The van der Waals surface area contributed by atoms with Gasteiger partial charge in [0.15, 0.2) is 0 Å². The summed E-state index contributed by atoms with van der Waals surface area (Å²) in [4.78, 5) is 0. The van der Waals surface area contributed by atoms with E-state index in [0.29, 0.717) is 6.54 Å². The van der Waals surface area contributed by atoms with Crippen LogP contribution in [0.2, 0.25) is 0 Å². The second-order valence-corrected chi connectivity index (χ2v) is 4.29. The maximum absolute atomic E-state index is 10.2. The lowest BCUT2D eigenvalue weighted by Gasteiger charge is -2.33. The van der Waals surface area contributed by atoms with Gasteiger partial charge in [0.2, 0.25) is 0 Å². The van der Waals surface area contributed by atoms with Gasteiger partial charge < -0.3 is 10.4 Å². The molecule has 1 unspecified atom stereocenters. The summed E-state index contributed by atoms with van der Waals surface area (Å²) >= 11 is 0. The van der Waals surface area contributed by atoms with Crippen molar-refractivity contribution in [1.29, 1.82) is 0 Å². The van der Waals surface area contributed by atoms with Crippen LogP contribution in [0.25, 0.3) is 0 Å². The summed E-state index contributed by atoms with van der Waals surface area (Å²) < 4.78 is 0. The lowest BCUT2D eigenvalue weighted by atomic mass is 9.85. The van der Waals surface area contributed by atoms with E-state index in [1.165, 1.54) is 6.42 Å². The topological polar surface area (TPSA) is 32.3 Å². The number of aliphatic hydroxyl groups is 1. The average Bonchev–Trinajstić information content (AvgIpc) is 2.20. The minimum absolute atomic E-state index is 0.112. The standard InChI is InChI=1S/C12H21NO/c1-3-11(4-2)13-10-12(14)8-6-5-7-9-12/h1,11,13-14H,4-10H2,2H3. The summed E-state index contributed by atoms with van der Waals surface area (Å²) in [5.41, 5.74) is -0.497. The van der Waals surface area contributed by atoms with Gasteiger partial charge in [-0.25, -0.2) is 0 Å². The molecule has 0 aromatic rings. The van der Waals surface area contributed by atoms with Crippen molar-refractivity contribution in [3.05, 3.63) is 0 Å². The molecule has 0 radical (unpaired) electrons. The first-order valence-electron chi connectivity index (χ1n) is 5.62. The molecule has 14 heavy (non-hydrogen) atoms. The molecular weight excluding hydrogens is 174 g/mol. The van der Waals surface area contributed by atoms with Crippen molar-refractivity contribution in [1.82, 2.24) is 5.32 Å². The molecular formula is C12H21NO. The molecule has 1 rings (SSSR count). The molecule has 1 saturated carbocycles. The van der Waals surface area contributed by atoms with Gasteiger partial charge in [-0.15, -0.1) is 6.42 Å². The number of terminal acetylenes is 1. The SMILES string of the molecule is C#CC(CC)NCC1(O)CCCCC1. The van der Waals surface area contributed by atoms with Gasteiger partial charge in [-0.1, -0.05) is 32.1 Å². The fourth-order valence-corrected chi connectivity index (χ4v) is 2.02. The fraction of sp³-hybridized carbons (Fsp3) is 0.833. The van der Waals surface area contributed by atoms with Crippen molar-refractivity contribution < 1.29 is 5.11 Å². The molecule has 1 aliphatic carbocycles. The molecule has 2 heteroatoms. The van der Waals surface area contributed by atoms with Crippen molar-refractivity contribution in [3.63, 3.8) is 0 Å². The van der Waals surface area contributed by atoms with Crippen molar-refractivity contribution in [2.24, 2.45) is 0 Å². The predicted octanol–water partition coefficient (Wildman–Crippen LogP) is 1.68. The van der Waals surface area contributed by atoms with Crippen LogP contribution in [0, 0.1) is 12.3 Å². The third-order valence-corrected chi connectivity index (χ3v) is 3.07. The molecule has 0 spiro atoms. The zero-order chi connectivity index (χ0) is 10.4. The molecule has 1 atom stereocenters. The summed E-state index contributed by atoms with van der Waals surface area (Å²) in [6.07, 6.45) is 11.7. The van der Waals surface area contributed by atoms with E-state index in [2.05, 4.69) is 18.2 Å². The first-order chi connectivity index (χ1) is 6.70. The molecule has 0 heterocycles. The van der Waals surface area contributed by atoms with Gasteiger partial charge in [-0.3, -0.25) is 0 Å².